The Hall–Kier alpha value is -1.40. The molecule has 0 amide bonds. The summed E-state index contributed by atoms with van der Waals surface area (Å²) in [6.45, 7) is 15.0. The highest BCUT2D eigenvalue weighted by molar-refractivity contribution is 5.81. The number of carbonyl (C=O) groups is 2. The molecule has 0 bridgehead atoms. The van der Waals surface area contributed by atoms with Crippen molar-refractivity contribution in [1.82, 2.24) is 0 Å². The Labute approximate surface area is 183 Å². The Kier molecular flexibility index (Phi) is 16.5. The van der Waals surface area contributed by atoms with Crippen LogP contribution < -0.4 is 0 Å². The normalized spacial score (nSPS) is 13.2. The average molecular weight is 429 g/mol. The van der Waals surface area contributed by atoms with Crippen molar-refractivity contribution in [3.05, 3.63) is 11.6 Å². The first-order valence-corrected chi connectivity index (χ1v) is 11.3. The van der Waals surface area contributed by atoms with E-state index in [0.717, 1.165) is 37.7 Å². The van der Waals surface area contributed by atoms with Crippen molar-refractivity contribution in [2.45, 2.75) is 80.1 Å². The van der Waals surface area contributed by atoms with Crippen molar-refractivity contribution in [2.24, 2.45) is 11.3 Å². The molecule has 0 radical (unpaired) electrons. The van der Waals surface area contributed by atoms with Gasteiger partial charge in [-0.05, 0) is 31.6 Å². The summed E-state index contributed by atoms with van der Waals surface area (Å²) in [6, 6.07) is 0. The van der Waals surface area contributed by atoms with Gasteiger partial charge < -0.3 is 18.9 Å². The van der Waals surface area contributed by atoms with E-state index in [1.807, 2.05) is 13.0 Å². The van der Waals surface area contributed by atoms with Crippen molar-refractivity contribution < 1.29 is 28.5 Å². The second kappa shape index (κ2) is 17.3. The largest absolute Gasteiger partial charge is 0.463 e. The summed E-state index contributed by atoms with van der Waals surface area (Å²) in [4.78, 5) is 24.8. The average Bonchev–Trinajstić information content (AvgIpc) is 2.65. The van der Waals surface area contributed by atoms with Crippen molar-refractivity contribution in [1.29, 1.82) is 0 Å². The van der Waals surface area contributed by atoms with Crippen LogP contribution in [0.1, 0.15) is 80.1 Å². The lowest BCUT2D eigenvalue weighted by Crippen LogP contribution is -2.23. The molecule has 0 saturated carbocycles. The Morgan fingerprint density at radius 3 is 1.87 bits per heavy atom. The Morgan fingerprint density at radius 1 is 0.833 bits per heavy atom. The zero-order valence-electron chi connectivity index (χ0n) is 20.1. The summed E-state index contributed by atoms with van der Waals surface area (Å²) in [5.74, 6) is -1.50. The Balaban J connectivity index is 4.65. The molecule has 0 aliphatic rings. The van der Waals surface area contributed by atoms with Crippen molar-refractivity contribution in [3.8, 4) is 0 Å². The first kappa shape index (κ1) is 28.6. The third-order valence-corrected chi connectivity index (χ3v) is 4.23. The van der Waals surface area contributed by atoms with E-state index in [-0.39, 0.29) is 25.0 Å². The maximum Gasteiger partial charge on any atom is 0.313 e. The van der Waals surface area contributed by atoms with E-state index in [1.54, 1.807) is 0 Å². The van der Waals surface area contributed by atoms with Crippen LogP contribution in [0.5, 0.6) is 0 Å². The van der Waals surface area contributed by atoms with Crippen LogP contribution in [-0.4, -0.2) is 51.6 Å². The molecule has 0 aromatic rings. The molecule has 1 atom stereocenters. The molecule has 0 aliphatic carbocycles. The lowest BCUT2D eigenvalue weighted by molar-refractivity contribution is -0.155. The number of hydrogen-bond acceptors (Lipinski definition) is 6. The number of esters is 2. The van der Waals surface area contributed by atoms with Crippen molar-refractivity contribution in [3.63, 3.8) is 0 Å². The van der Waals surface area contributed by atoms with Crippen molar-refractivity contribution >= 4 is 11.9 Å². The SMILES string of the molecule is CCCCOCCOC(=O)CC(/C=C(\C)CC(C)(C)C)C(=O)OCCOCCCC. The quantitative estimate of drug-likeness (QED) is 0.182. The molecule has 0 aliphatic heterocycles. The lowest BCUT2D eigenvalue weighted by atomic mass is 9.87. The van der Waals surface area contributed by atoms with Crippen LogP contribution in [0.25, 0.3) is 0 Å². The molecule has 0 saturated heterocycles. The number of ether oxygens (including phenoxy) is 4. The van der Waals surface area contributed by atoms with E-state index in [1.165, 1.54) is 0 Å². The van der Waals surface area contributed by atoms with Crippen LogP contribution in [0.4, 0.5) is 0 Å². The van der Waals surface area contributed by atoms with E-state index >= 15 is 0 Å². The van der Waals surface area contributed by atoms with E-state index in [0.29, 0.717) is 26.4 Å². The smallest absolute Gasteiger partial charge is 0.313 e. The molecule has 0 fully saturated rings. The van der Waals surface area contributed by atoms with Gasteiger partial charge in [-0.15, -0.1) is 0 Å². The highest BCUT2D eigenvalue weighted by Gasteiger charge is 2.23. The number of rotatable bonds is 17. The van der Waals surface area contributed by atoms with E-state index in [9.17, 15) is 9.59 Å². The first-order valence-electron chi connectivity index (χ1n) is 11.3. The lowest BCUT2D eigenvalue weighted by Gasteiger charge is -2.20. The van der Waals surface area contributed by atoms with Crippen LogP contribution in [-0.2, 0) is 28.5 Å². The molecule has 0 aromatic carbocycles. The molecule has 0 aromatic heterocycles. The maximum absolute atomic E-state index is 12.6. The molecule has 30 heavy (non-hydrogen) atoms. The highest BCUT2D eigenvalue weighted by Crippen LogP contribution is 2.25. The monoisotopic (exact) mass is 428 g/mol. The van der Waals surface area contributed by atoms with Gasteiger partial charge in [0.15, 0.2) is 0 Å². The molecule has 6 nitrogen and oxygen atoms in total. The topological polar surface area (TPSA) is 71.1 Å². The predicted molar refractivity (Wildman–Crippen MR) is 119 cm³/mol. The van der Waals surface area contributed by atoms with Gasteiger partial charge in [-0.1, -0.05) is 59.1 Å². The fourth-order valence-electron chi connectivity index (χ4n) is 2.91. The van der Waals surface area contributed by atoms with Gasteiger partial charge >= 0.3 is 11.9 Å². The van der Waals surface area contributed by atoms with Gasteiger partial charge in [0, 0.05) is 13.2 Å². The molecular formula is C24H44O6. The van der Waals surface area contributed by atoms with E-state index < -0.39 is 17.9 Å². The number of carbonyl (C=O) groups excluding carboxylic acids is 2. The second-order valence-electron chi connectivity index (χ2n) is 8.88. The number of hydrogen-bond donors (Lipinski definition) is 0. The van der Waals surface area contributed by atoms with Gasteiger partial charge in [0.2, 0.25) is 0 Å². The molecule has 0 N–H and O–H groups in total. The molecule has 6 heteroatoms. The Bertz CT molecular complexity index is 492. The standard InChI is InChI=1S/C24H44O6/c1-7-9-11-27-13-15-29-22(25)18-21(17-20(3)19-24(4,5)6)23(26)30-16-14-28-12-10-8-2/h17,21H,7-16,18-19H2,1-6H3/b20-17+. The molecule has 0 spiro atoms. The van der Waals surface area contributed by atoms with Gasteiger partial charge in [0.25, 0.3) is 0 Å². The maximum atomic E-state index is 12.6. The third-order valence-electron chi connectivity index (χ3n) is 4.23. The van der Waals surface area contributed by atoms with Crippen LogP contribution in [0.3, 0.4) is 0 Å². The molecule has 1 unspecified atom stereocenters. The molecule has 0 rings (SSSR count). The highest BCUT2D eigenvalue weighted by atomic mass is 16.6. The summed E-state index contributed by atoms with van der Waals surface area (Å²) in [5.41, 5.74) is 1.15. The van der Waals surface area contributed by atoms with Gasteiger partial charge in [-0.2, -0.15) is 0 Å². The Morgan fingerprint density at radius 2 is 1.37 bits per heavy atom. The van der Waals surface area contributed by atoms with E-state index in [2.05, 4.69) is 34.6 Å². The van der Waals surface area contributed by atoms with Crippen LogP contribution in [0, 0.1) is 11.3 Å². The van der Waals surface area contributed by atoms with Gasteiger partial charge in [0.05, 0.1) is 25.6 Å². The van der Waals surface area contributed by atoms with Crippen LogP contribution in [0.2, 0.25) is 0 Å². The second-order valence-corrected chi connectivity index (χ2v) is 8.88. The van der Waals surface area contributed by atoms with Gasteiger partial charge in [-0.25, -0.2) is 0 Å². The summed E-state index contributed by atoms with van der Waals surface area (Å²) < 4.78 is 21.4. The molecular weight excluding hydrogens is 384 g/mol. The zero-order valence-corrected chi connectivity index (χ0v) is 20.1. The molecule has 176 valence electrons. The fraction of sp³-hybridized carbons (Fsp3) is 0.833. The fourth-order valence-corrected chi connectivity index (χ4v) is 2.91. The number of unbranched alkanes of at least 4 members (excludes halogenated alkanes) is 2. The summed E-state index contributed by atoms with van der Waals surface area (Å²) in [6.07, 6.45) is 6.73. The minimum absolute atomic E-state index is 0.0357. The van der Waals surface area contributed by atoms with Crippen LogP contribution in [0.15, 0.2) is 11.6 Å². The zero-order chi connectivity index (χ0) is 22.8. The summed E-state index contributed by atoms with van der Waals surface area (Å²) in [5, 5.41) is 0. The van der Waals surface area contributed by atoms with Gasteiger partial charge in [0.1, 0.15) is 13.2 Å². The minimum Gasteiger partial charge on any atom is -0.463 e. The summed E-state index contributed by atoms with van der Waals surface area (Å²) >= 11 is 0. The minimum atomic E-state index is -0.656. The predicted octanol–water partition coefficient (Wildman–Crippen LogP) is 5.10. The number of allylic oxidation sites excluding steroid dienone is 1. The van der Waals surface area contributed by atoms with Crippen molar-refractivity contribution in [2.75, 3.05) is 39.6 Å². The first-order chi connectivity index (χ1) is 14.2. The van der Waals surface area contributed by atoms with Crippen LogP contribution >= 0.6 is 0 Å². The summed E-state index contributed by atoms with van der Waals surface area (Å²) in [7, 11) is 0. The third kappa shape index (κ3) is 17.5. The van der Waals surface area contributed by atoms with Gasteiger partial charge in [-0.3, -0.25) is 9.59 Å². The molecule has 0 heterocycles. The van der Waals surface area contributed by atoms with E-state index in [4.69, 9.17) is 18.9 Å².